The van der Waals surface area contributed by atoms with Gasteiger partial charge in [-0.1, -0.05) is 25.1 Å². The highest BCUT2D eigenvalue weighted by Crippen LogP contribution is 2.29. The fourth-order valence-corrected chi connectivity index (χ4v) is 2.70. The fraction of sp³-hybridized carbons (Fsp3) is 0.421. The third-order valence-corrected chi connectivity index (χ3v) is 4.34. The lowest BCUT2D eigenvalue weighted by molar-refractivity contribution is -0.157. The Morgan fingerprint density at radius 1 is 1.24 bits per heavy atom. The van der Waals surface area contributed by atoms with Crippen molar-refractivity contribution in [3.63, 3.8) is 0 Å². The molecular formula is C19H23NO5. The van der Waals surface area contributed by atoms with E-state index in [1.807, 2.05) is 26.0 Å². The molecule has 0 unspecified atom stereocenters. The number of carbonyl (C=O) groups is 3. The zero-order chi connectivity index (χ0) is 18.4. The Hall–Kier alpha value is -2.63. The van der Waals surface area contributed by atoms with Gasteiger partial charge >= 0.3 is 11.9 Å². The molecule has 0 aliphatic heterocycles. The molecule has 6 nitrogen and oxygen atoms in total. The van der Waals surface area contributed by atoms with Gasteiger partial charge in [0.15, 0.2) is 0 Å². The van der Waals surface area contributed by atoms with E-state index >= 15 is 0 Å². The molecule has 1 aliphatic carbocycles. The van der Waals surface area contributed by atoms with Gasteiger partial charge in [-0.25, -0.2) is 4.79 Å². The second kappa shape index (κ2) is 8.46. The summed E-state index contributed by atoms with van der Waals surface area (Å²) < 4.78 is 5.39. The number of nitrogens with one attached hydrogen (secondary N) is 1. The summed E-state index contributed by atoms with van der Waals surface area (Å²) in [7, 11) is 0. The lowest BCUT2D eigenvalue weighted by Gasteiger charge is -2.27. The molecule has 1 aliphatic rings. The second-order valence-corrected chi connectivity index (χ2v) is 6.19. The number of esters is 1. The average Bonchev–Trinajstić information content (AvgIpc) is 2.61. The first kappa shape index (κ1) is 18.7. The van der Waals surface area contributed by atoms with E-state index in [2.05, 4.69) is 5.32 Å². The third-order valence-electron chi connectivity index (χ3n) is 4.34. The molecule has 1 amide bonds. The first-order chi connectivity index (χ1) is 11.9. The monoisotopic (exact) mass is 345 g/mol. The van der Waals surface area contributed by atoms with Crippen LogP contribution < -0.4 is 5.32 Å². The fourth-order valence-electron chi connectivity index (χ4n) is 2.70. The predicted molar refractivity (Wildman–Crippen MR) is 93.2 cm³/mol. The number of rotatable bonds is 6. The molecule has 2 rings (SSSR count). The highest BCUT2D eigenvalue weighted by Gasteiger charge is 2.35. The van der Waals surface area contributed by atoms with Gasteiger partial charge in [0.1, 0.15) is 0 Å². The number of aromatic carboxylic acids is 1. The Morgan fingerprint density at radius 3 is 2.56 bits per heavy atom. The van der Waals surface area contributed by atoms with Crippen LogP contribution in [0.15, 0.2) is 36.4 Å². The van der Waals surface area contributed by atoms with E-state index in [1.165, 1.54) is 12.1 Å². The molecule has 0 heterocycles. The van der Waals surface area contributed by atoms with E-state index in [1.54, 1.807) is 12.1 Å². The van der Waals surface area contributed by atoms with Crippen LogP contribution in [0.25, 0.3) is 0 Å². The van der Waals surface area contributed by atoms with Crippen LogP contribution in [0.2, 0.25) is 0 Å². The van der Waals surface area contributed by atoms with Crippen molar-refractivity contribution in [2.75, 3.05) is 5.32 Å². The minimum Gasteiger partial charge on any atom is -0.478 e. The SMILES string of the molecule is CC[C@@H](C)OC(=O)[C@H]1CC=CC[C@@H]1C(=O)Nc1cccc(C(=O)O)c1. The highest BCUT2D eigenvalue weighted by molar-refractivity contribution is 5.97. The Bertz CT molecular complexity index is 682. The first-order valence-corrected chi connectivity index (χ1v) is 8.42. The minimum absolute atomic E-state index is 0.0917. The van der Waals surface area contributed by atoms with E-state index in [0.717, 1.165) is 0 Å². The molecule has 2 N–H and O–H groups in total. The van der Waals surface area contributed by atoms with Crippen LogP contribution in [0.4, 0.5) is 5.69 Å². The number of allylic oxidation sites excluding steroid dienone is 2. The summed E-state index contributed by atoms with van der Waals surface area (Å²) in [4.78, 5) is 36.0. The van der Waals surface area contributed by atoms with Gasteiger partial charge in [0.25, 0.3) is 0 Å². The molecule has 0 saturated heterocycles. The topological polar surface area (TPSA) is 92.7 Å². The maximum atomic E-state index is 12.6. The molecule has 3 atom stereocenters. The molecular weight excluding hydrogens is 322 g/mol. The average molecular weight is 345 g/mol. The van der Waals surface area contributed by atoms with Crippen LogP contribution in [0.1, 0.15) is 43.5 Å². The van der Waals surface area contributed by atoms with Crippen molar-refractivity contribution < 1.29 is 24.2 Å². The molecule has 0 bridgehead atoms. The Morgan fingerprint density at radius 2 is 1.92 bits per heavy atom. The zero-order valence-electron chi connectivity index (χ0n) is 14.4. The summed E-state index contributed by atoms with van der Waals surface area (Å²) in [5, 5.41) is 11.7. The highest BCUT2D eigenvalue weighted by atomic mass is 16.5. The van der Waals surface area contributed by atoms with Gasteiger partial charge in [-0.3, -0.25) is 9.59 Å². The van der Waals surface area contributed by atoms with Crippen molar-refractivity contribution in [1.29, 1.82) is 0 Å². The van der Waals surface area contributed by atoms with Gasteiger partial charge in [0.05, 0.1) is 23.5 Å². The first-order valence-electron chi connectivity index (χ1n) is 8.42. The maximum absolute atomic E-state index is 12.6. The van der Waals surface area contributed by atoms with Gasteiger partial charge in [-0.05, 0) is 44.4 Å². The van der Waals surface area contributed by atoms with Crippen LogP contribution in [0.5, 0.6) is 0 Å². The van der Waals surface area contributed by atoms with Gasteiger partial charge in [0, 0.05) is 5.69 Å². The van der Waals surface area contributed by atoms with Crippen LogP contribution >= 0.6 is 0 Å². The Balaban J connectivity index is 2.10. The standard InChI is InChI=1S/C19H23NO5/c1-3-12(2)25-19(24)16-10-5-4-9-15(16)17(21)20-14-8-6-7-13(11-14)18(22)23/h4-8,11-12,15-16H,3,9-10H2,1-2H3,(H,20,21)(H,22,23)/t12-,15+,16+/m1/s1. The van der Waals surface area contributed by atoms with Crippen molar-refractivity contribution in [3.8, 4) is 0 Å². The molecule has 1 aromatic rings. The Kier molecular flexibility index (Phi) is 6.33. The van der Waals surface area contributed by atoms with Crippen LogP contribution in [0, 0.1) is 11.8 Å². The third kappa shape index (κ3) is 4.92. The van der Waals surface area contributed by atoms with Crippen LogP contribution in [-0.2, 0) is 14.3 Å². The number of carbonyl (C=O) groups excluding carboxylic acids is 2. The summed E-state index contributed by atoms with van der Waals surface area (Å²) in [6.07, 6.45) is 5.21. The zero-order valence-corrected chi connectivity index (χ0v) is 14.4. The number of carboxylic acids is 1. The molecule has 0 radical (unpaired) electrons. The lowest BCUT2D eigenvalue weighted by Crippen LogP contribution is -2.36. The van der Waals surface area contributed by atoms with Crippen LogP contribution in [-0.4, -0.2) is 29.1 Å². The molecule has 0 spiro atoms. The molecule has 0 saturated carbocycles. The maximum Gasteiger partial charge on any atom is 0.335 e. The van der Waals surface area contributed by atoms with Gasteiger partial charge in [0.2, 0.25) is 5.91 Å². The molecule has 0 aromatic heterocycles. The summed E-state index contributed by atoms with van der Waals surface area (Å²) >= 11 is 0. The lowest BCUT2D eigenvalue weighted by atomic mass is 9.82. The number of hydrogen-bond donors (Lipinski definition) is 2. The summed E-state index contributed by atoms with van der Waals surface area (Å²) in [6.45, 7) is 3.75. The Labute approximate surface area is 146 Å². The normalized spacial score (nSPS) is 20.6. The number of ether oxygens (including phenoxy) is 1. The van der Waals surface area contributed by atoms with Crippen molar-refractivity contribution in [3.05, 3.63) is 42.0 Å². The van der Waals surface area contributed by atoms with Crippen molar-refractivity contribution >= 4 is 23.5 Å². The molecule has 1 aromatic carbocycles. The van der Waals surface area contributed by atoms with Gasteiger partial charge < -0.3 is 15.2 Å². The summed E-state index contributed by atoms with van der Waals surface area (Å²) in [6, 6.07) is 6.03. The minimum atomic E-state index is -1.06. The molecule has 6 heteroatoms. The smallest absolute Gasteiger partial charge is 0.335 e. The van der Waals surface area contributed by atoms with E-state index in [9.17, 15) is 14.4 Å². The van der Waals surface area contributed by atoms with Gasteiger partial charge in [-0.2, -0.15) is 0 Å². The van der Waals surface area contributed by atoms with E-state index in [0.29, 0.717) is 24.9 Å². The van der Waals surface area contributed by atoms with Crippen molar-refractivity contribution in [2.24, 2.45) is 11.8 Å². The van der Waals surface area contributed by atoms with E-state index < -0.39 is 17.8 Å². The van der Waals surface area contributed by atoms with E-state index in [-0.39, 0.29) is 23.5 Å². The van der Waals surface area contributed by atoms with Crippen LogP contribution in [0.3, 0.4) is 0 Å². The van der Waals surface area contributed by atoms with Crippen molar-refractivity contribution in [1.82, 2.24) is 0 Å². The summed E-state index contributed by atoms with van der Waals surface area (Å²) in [5.74, 6) is -2.79. The number of hydrogen-bond acceptors (Lipinski definition) is 4. The van der Waals surface area contributed by atoms with E-state index in [4.69, 9.17) is 9.84 Å². The molecule has 0 fully saturated rings. The second-order valence-electron chi connectivity index (χ2n) is 6.19. The number of anilines is 1. The molecule has 134 valence electrons. The van der Waals surface area contributed by atoms with Crippen molar-refractivity contribution in [2.45, 2.75) is 39.2 Å². The van der Waals surface area contributed by atoms with Gasteiger partial charge in [-0.15, -0.1) is 0 Å². The summed E-state index contributed by atoms with van der Waals surface area (Å²) in [5.41, 5.74) is 0.488. The number of benzene rings is 1. The number of amides is 1. The number of carboxylic acid groups (broad SMARTS) is 1. The molecule has 25 heavy (non-hydrogen) atoms. The largest absolute Gasteiger partial charge is 0.478 e. The predicted octanol–water partition coefficient (Wildman–Crippen LogP) is 3.25. The quantitative estimate of drug-likeness (QED) is 0.610.